The first-order valence-corrected chi connectivity index (χ1v) is 5.92. The van der Waals surface area contributed by atoms with Gasteiger partial charge in [-0.25, -0.2) is 0 Å². The van der Waals surface area contributed by atoms with Crippen molar-refractivity contribution in [2.45, 2.75) is 27.2 Å². The number of aromatic nitrogens is 1. The van der Waals surface area contributed by atoms with Gasteiger partial charge in [-0.3, -0.25) is 4.79 Å². The Morgan fingerprint density at radius 2 is 2.06 bits per heavy atom. The van der Waals surface area contributed by atoms with E-state index in [9.17, 15) is 4.79 Å². The molecule has 2 aromatic rings. The molecule has 1 aromatic heterocycles. The third kappa shape index (κ3) is 2.16. The van der Waals surface area contributed by atoms with Gasteiger partial charge in [0.1, 0.15) is 0 Å². The van der Waals surface area contributed by atoms with Gasteiger partial charge in [-0.15, -0.1) is 0 Å². The average molecular weight is 227 g/mol. The molecule has 0 atom stereocenters. The molecule has 0 saturated carbocycles. The number of hydrogen-bond acceptors (Lipinski definition) is 1. The molecule has 0 fully saturated rings. The molecule has 2 heteroatoms. The highest BCUT2D eigenvalue weighted by Crippen LogP contribution is 2.24. The number of allylic oxidation sites excluding steroid dienone is 1. The van der Waals surface area contributed by atoms with Gasteiger partial charge in [-0.05, 0) is 31.6 Å². The van der Waals surface area contributed by atoms with E-state index in [1.165, 1.54) is 5.39 Å². The molecule has 88 valence electrons. The van der Waals surface area contributed by atoms with Gasteiger partial charge in [0.05, 0.1) is 0 Å². The Hall–Kier alpha value is -1.83. The van der Waals surface area contributed by atoms with Crippen LogP contribution in [0.2, 0.25) is 0 Å². The second-order valence-corrected chi connectivity index (χ2v) is 4.31. The lowest BCUT2D eigenvalue weighted by Gasteiger charge is -1.98. The molecule has 0 aliphatic heterocycles. The fourth-order valence-electron chi connectivity index (χ4n) is 2.06. The summed E-state index contributed by atoms with van der Waals surface area (Å²) >= 11 is 0. The molecule has 0 unspecified atom stereocenters. The largest absolute Gasteiger partial charge is 0.358 e. The van der Waals surface area contributed by atoms with Crippen LogP contribution in [-0.2, 0) is 4.79 Å². The minimum Gasteiger partial charge on any atom is -0.358 e. The number of carbonyl (C=O) groups is 1. The Morgan fingerprint density at radius 1 is 1.35 bits per heavy atom. The lowest BCUT2D eigenvalue weighted by molar-refractivity contribution is -0.115. The van der Waals surface area contributed by atoms with Crippen LogP contribution >= 0.6 is 0 Å². The van der Waals surface area contributed by atoms with E-state index in [4.69, 9.17) is 0 Å². The van der Waals surface area contributed by atoms with Crippen LogP contribution in [0.1, 0.15) is 31.5 Å². The van der Waals surface area contributed by atoms with Crippen molar-refractivity contribution in [3.8, 4) is 0 Å². The maximum absolute atomic E-state index is 11.6. The summed E-state index contributed by atoms with van der Waals surface area (Å²) < 4.78 is 0. The van der Waals surface area contributed by atoms with Crippen LogP contribution in [0.25, 0.3) is 17.0 Å². The number of H-pyrrole nitrogens is 1. The molecule has 1 aromatic carbocycles. The van der Waals surface area contributed by atoms with Crippen molar-refractivity contribution >= 4 is 22.8 Å². The molecule has 2 nitrogen and oxygen atoms in total. The van der Waals surface area contributed by atoms with Gasteiger partial charge in [0.25, 0.3) is 0 Å². The van der Waals surface area contributed by atoms with E-state index < -0.39 is 0 Å². The molecule has 0 radical (unpaired) electrons. The summed E-state index contributed by atoms with van der Waals surface area (Å²) in [5.74, 6) is 0.203. The van der Waals surface area contributed by atoms with E-state index in [1.807, 2.05) is 39.0 Å². The molecule has 1 heterocycles. The fourth-order valence-corrected chi connectivity index (χ4v) is 2.06. The first-order chi connectivity index (χ1) is 8.13. The molecule has 0 saturated heterocycles. The molecular formula is C15H17NO. The van der Waals surface area contributed by atoms with Gasteiger partial charge >= 0.3 is 0 Å². The average Bonchev–Trinajstić information content (AvgIpc) is 2.65. The smallest absolute Gasteiger partial charge is 0.158 e. The Balaban J connectivity index is 2.56. The second kappa shape index (κ2) is 4.58. The normalized spacial score (nSPS) is 12.1. The van der Waals surface area contributed by atoms with Gasteiger partial charge in [0.2, 0.25) is 0 Å². The van der Waals surface area contributed by atoms with Crippen molar-refractivity contribution in [3.63, 3.8) is 0 Å². The molecular weight excluding hydrogens is 210 g/mol. The number of hydrogen-bond donors (Lipinski definition) is 1. The van der Waals surface area contributed by atoms with E-state index >= 15 is 0 Å². The summed E-state index contributed by atoms with van der Waals surface area (Å²) in [5, 5.41) is 1.17. The molecule has 0 amide bonds. The highest BCUT2D eigenvalue weighted by atomic mass is 16.1. The van der Waals surface area contributed by atoms with Gasteiger partial charge in [-0.1, -0.05) is 25.1 Å². The van der Waals surface area contributed by atoms with E-state index in [-0.39, 0.29) is 5.78 Å². The number of rotatable bonds is 3. The second-order valence-electron chi connectivity index (χ2n) is 4.31. The number of aromatic amines is 1. The van der Waals surface area contributed by atoms with Crippen LogP contribution in [0.15, 0.2) is 29.8 Å². The summed E-state index contributed by atoms with van der Waals surface area (Å²) in [5.41, 5.74) is 4.17. The summed E-state index contributed by atoms with van der Waals surface area (Å²) in [6.07, 6.45) is 2.55. The summed E-state index contributed by atoms with van der Waals surface area (Å²) in [6.45, 7) is 5.81. The quantitative estimate of drug-likeness (QED) is 0.793. The van der Waals surface area contributed by atoms with Crippen molar-refractivity contribution in [2.24, 2.45) is 0 Å². The highest BCUT2D eigenvalue weighted by Gasteiger charge is 2.07. The first-order valence-electron chi connectivity index (χ1n) is 5.92. The molecule has 0 spiro atoms. The predicted octanol–water partition coefficient (Wildman–Crippen LogP) is 3.86. The zero-order chi connectivity index (χ0) is 12.4. The maximum Gasteiger partial charge on any atom is 0.158 e. The summed E-state index contributed by atoms with van der Waals surface area (Å²) in [7, 11) is 0. The van der Waals surface area contributed by atoms with E-state index in [0.29, 0.717) is 6.42 Å². The standard InChI is InChI=1S/C15H17NO/c1-4-15(17)10(2)9-13-11(3)16-14-8-6-5-7-12(13)14/h5-9,16H,4H2,1-3H3/b10-9-. The monoisotopic (exact) mass is 227 g/mol. The highest BCUT2D eigenvalue weighted by molar-refractivity contribution is 6.01. The summed E-state index contributed by atoms with van der Waals surface area (Å²) in [4.78, 5) is 14.9. The fraction of sp³-hybridized carbons (Fsp3) is 0.267. The van der Waals surface area contributed by atoms with Gasteiger partial charge < -0.3 is 4.98 Å². The zero-order valence-electron chi connectivity index (χ0n) is 10.5. The maximum atomic E-state index is 11.6. The number of carbonyl (C=O) groups excluding carboxylic acids is 1. The topological polar surface area (TPSA) is 32.9 Å². The van der Waals surface area contributed by atoms with Gasteiger partial charge in [0.15, 0.2) is 5.78 Å². The number of aryl methyl sites for hydroxylation is 1. The van der Waals surface area contributed by atoms with E-state index in [1.54, 1.807) is 0 Å². The Kier molecular flexibility index (Phi) is 3.14. The molecule has 0 aliphatic carbocycles. The lowest BCUT2D eigenvalue weighted by Crippen LogP contribution is -1.96. The van der Waals surface area contributed by atoms with Crippen LogP contribution in [-0.4, -0.2) is 10.8 Å². The third-order valence-corrected chi connectivity index (χ3v) is 3.07. The Bertz CT molecular complexity index is 590. The number of para-hydroxylation sites is 1. The van der Waals surface area contributed by atoms with Crippen molar-refractivity contribution in [1.82, 2.24) is 4.98 Å². The molecule has 1 N–H and O–H groups in total. The SMILES string of the molecule is CCC(=O)/C(C)=C\c1c(C)[nH]c2ccccc12. The number of nitrogens with one attached hydrogen (secondary N) is 1. The van der Waals surface area contributed by atoms with Crippen molar-refractivity contribution < 1.29 is 4.79 Å². The number of Topliss-reactive ketones (excluding diaryl/α,β-unsaturated/α-hetero) is 1. The number of ketones is 1. The van der Waals surface area contributed by atoms with E-state index in [2.05, 4.69) is 17.1 Å². The molecule has 0 aliphatic rings. The Morgan fingerprint density at radius 3 is 2.76 bits per heavy atom. The van der Waals surface area contributed by atoms with Gasteiger partial charge in [0, 0.05) is 28.6 Å². The van der Waals surface area contributed by atoms with E-state index in [0.717, 1.165) is 22.3 Å². The van der Waals surface area contributed by atoms with Crippen LogP contribution in [0.5, 0.6) is 0 Å². The van der Waals surface area contributed by atoms with Crippen LogP contribution < -0.4 is 0 Å². The van der Waals surface area contributed by atoms with Crippen LogP contribution in [0, 0.1) is 6.92 Å². The van der Waals surface area contributed by atoms with Gasteiger partial charge in [-0.2, -0.15) is 0 Å². The molecule has 2 rings (SSSR count). The first kappa shape index (κ1) is 11.6. The Labute approximate surface area is 101 Å². The minimum absolute atomic E-state index is 0.203. The minimum atomic E-state index is 0.203. The number of benzene rings is 1. The summed E-state index contributed by atoms with van der Waals surface area (Å²) in [6, 6.07) is 8.16. The van der Waals surface area contributed by atoms with Crippen molar-refractivity contribution in [3.05, 3.63) is 41.1 Å². The lowest BCUT2D eigenvalue weighted by atomic mass is 10.0. The van der Waals surface area contributed by atoms with Crippen LogP contribution in [0.4, 0.5) is 0 Å². The van der Waals surface area contributed by atoms with Crippen LogP contribution in [0.3, 0.4) is 0 Å². The predicted molar refractivity (Wildman–Crippen MR) is 72.0 cm³/mol. The van der Waals surface area contributed by atoms with Crippen molar-refractivity contribution in [2.75, 3.05) is 0 Å². The van der Waals surface area contributed by atoms with Crippen molar-refractivity contribution in [1.29, 1.82) is 0 Å². The molecule has 0 bridgehead atoms. The zero-order valence-corrected chi connectivity index (χ0v) is 10.5. The number of fused-ring (bicyclic) bond motifs is 1. The third-order valence-electron chi connectivity index (χ3n) is 3.07. The molecule has 17 heavy (non-hydrogen) atoms.